The summed E-state index contributed by atoms with van der Waals surface area (Å²) in [6, 6.07) is 0. The molecule has 2 aromatic heterocycles. The number of anilines is 2. The van der Waals surface area contributed by atoms with Crippen LogP contribution in [0.15, 0.2) is 6.20 Å². The number of hydrogen-bond acceptors (Lipinski definition) is 6. The van der Waals surface area contributed by atoms with Crippen LogP contribution in [0.1, 0.15) is 40.0 Å². The van der Waals surface area contributed by atoms with Gasteiger partial charge < -0.3 is 15.7 Å². The highest BCUT2D eigenvalue weighted by atomic mass is 16.3. The molecule has 0 amide bonds. The number of hydrogen-bond donors (Lipinski definition) is 4. The van der Waals surface area contributed by atoms with Crippen molar-refractivity contribution in [3.05, 3.63) is 6.20 Å². The molecule has 0 aliphatic heterocycles. The van der Waals surface area contributed by atoms with Crippen LogP contribution >= 0.6 is 0 Å². The summed E-state index contributed by atoms with van der Waals surface area (Å²) in [7, 11) is 0. The molecule has 0 fully saturated rings. The van der Waals surface area contributed by atoms with E-state index in [2.05, 4.69) is 44.6 Å². The standard InChI is InChI=1S/C14H24N6O/c1-4-6-14(3,21)9-16-11-10-8-17-20-12(10)19-13(18-11)15-7-5-2/h8,21H,4-7,9H2,1-3H3,(H3,15,16,17,18,19,20). The lowest BCUT2D eigenvalue weighted by molar-refractivity contribution is 0.0636. The zero-order chi connectivity index (χ0) is 15.3. The van der Waals surface area contributed by atoms with Gasteiger partial charge in [-0.2, -0.15) is 15.1 Å². The predicted molar refractivity (Wildman–Crippen MR) is 84.5 cm³/mol. The second kappa shape index (κ2) is 6.71. The van der Waals surface area contributed by atoms with Crippen molar-refractivity contribution in [3.63, 3.8) is 0 Å². The van der Waals surface area contributed by atoms with Gasteiger partial charge in [0.15, 0.2) is 5.65 Å². The van der Waals surface area contributed by atoms with Gasteiger partial charge in [0.25, 0.3) is 0 Å². The van der Waals surface area contributed by atoms with Crippen molar-refractivity contribution in [2.24, 2.45) is 0 Å². The molecular formula is C14H24N6O. The maximum Gasteiger partial charge on any atom is 0.226 e. The van der Waals surface area contributed by atoms with Crippen molar-refractivity contribution in [2.75, 3.05) is 23.7 Å². The van der Waals surface area contributed by atoms with Gasteiger partial charge in [0.2, 0.25) is 5.95 Å². The lowest BCUT2D eigenvalue weighted by Gasteiger charge is -2.23. The average molecular weight is 292 g/mol. The van der Waals surface area contributed by atoms with Gasteiger partial charge in [0, 0.05) is 13.1 Å². The van der Waals surface area contributed by atoms with E-state index in [1.54, 1.807) is 6.20 Å². The minimum Gasteiger partial charge on any atom is -0.388 e. The van der Waals surface area contributed by atoms with E-state index in [-0.39, 0.29) is 0 Å². The smallest absolute Gasteiger partial charge is 0.226 e. The first-order valence-corrected chi connectivity index (χ1v) is 7.47. The molecule has 0 spiro atoms. The van der Waals surface area contributed by atoms with Gasteiger partial charge in [0.05, 0.1) is 17.2 Å². The van der Waals surface area contributed by atoms with Gasteiger partial charge in [-0.05, 0) is 19.8 Å². The summed E-state index contributed by atoms with van der Waals surface area (Å²) in [5, 5.41) is 24.3. The van der Waals surface area contributed by atoms with Gasteiger partial charge in [-0.15, -0.1) is 0 Å². The molecule has 7 heteroatoms. The van der Waals surface area contributed by atoms with E-state index in [0.29, 0.717) is 24.0 Å². The van der Waals surface area contributed by atoms with E-state index in [1.165, 1.54) is 0 Å². The lowest BCUT2D eigenvalue weighted by Crippen LogP contribution is -2.33. The maximum absolute atomic E-state index is 10.3. The van der Waals surface area contributed by atoms with Crippen LogP contribution < -0.4 is 10.6 Å². The van der Waals surface area contributed by atoms with Crippen LogP contribution in [0.25, 0.3) is 11.0 Å². The normalized spacial score (nSPS) is 14.1. The predicted octanol–water partition coefficient (Wildman–Crippen LogP) is 2.14. The summed E-state index contributed by atoms with van der Waals surface area (Å²) in [5.41, 5.74) is -0.0755. The highest BCUT2D eigenvalue weighted by Crippen LogP contribution is 2.21. The Morgan fingerprint density at radius 1 is 1.24 bits per heavy atom. The van der Waals surface area contributed by atoms with Crippen molar-refractivity contribution in [1.29, 1.82) is 0 Å². The molecule has 2 rings (SSSR count). The highest BCUT2D eigenvalue weighted by molar-refractivity contribution is 5.86. The van der Waals surface area contributed by atoms with Gasteiger partial charge in [-0.1, -0.05) is 20.3 Å². The van der Waals surface area contributed by atoms with Crippen LogP contribution in [-0.2, 0) is 0 Å². The number of rotatable bonds is 8. The molecule has 2 aromatic rings. The molecule has 0 bridgehead atoms. The van der Waals surface area contributed by atoms with Crippen LogP contribution in [0, 0.1) is 0 Å². The highest BCUT2D eigenvalue weighted by Gasteiger charge is 2.20. The molecule has 1 atom stereocenters. The number of nitrogens with one attached hydrogen (secondary N) is 3. The van der Waals surface area contributed by atoms with Crippen LogP contribution in [0.4, 0.5) is 11.8 Å². The molecule has 21 heavy (non-hydrogen) atoms. The third-order valence-corrected chi connectivity index (χ3v) is 3.27. The van der Waals surface area contributed by atoms with Crippen LogP contribution in [0.3, 0.4) is 0 Å². The first-order valence-electron chi connectivity index (χ1n) is 7.47. The van der Waals surface area contributed by atoms with Crippen LogP contribution in [-0.4, -0.2) is 44.0 Å². The van der Waals surface area contributed by atoms with Gasteiger partial charge in [0.1, 0.15) is 5.82 Å². The Kier molecular flexibility index (Phi) is 4.95. The molecule has 0 aromatic carbocycles. The second-order valence-corrected chi connectivity index (χ2v) is 5.56. The summed E-state index contributed by atoms with van der Waals surface area (Å²) in [4.78, 5) is 8.84. The fourth-order valence-electron chi connectivity index (χ4n) is 2.19. The minimum atomic E-state index is -0.757. The van der Waals surface area contributed by atoms with E-state index >= 15 is 0 Å². The van der Waals surface area contributed by atoms with Gasteiger partial charge in [-0.25, -0.2) is 0 Å². The molecule has 2 heterocycles. The van der Waals surface area contributed by atoms with Crippen molar-refractivity contribution in [1.82, 2.24) is 20.2 Å². The monoisotopic (exact) mass is 292 g/mol. The third-order valence-electron chi connectivity index (χ3n) is 3.27. The van der Waals surface area contributed by atoms with E-state index < -0.39 is 5.60 Å². The summed E-state index contributed by atoms with van der Waals surface area (Å²) in [6.07, 6.45) is 4.36. The number of nitrogens with zero attached hydrogens (tertiary/aromatic N) is 3. The van der Waals surface area contributed by atoms with Crippen molar-refractivity contribution >= 4 is 22.8 Å². The topological polar surface area (TPSA) is 98.8 Å². The summed E-state index contributed by atoms with van der Waals surface area (Å²) >= 11 is 0. The molecule has 116 valence electrons. The van der Waals surface area contributed by atoms with E-state index in [0.717, 1.165) is 31.2 Å². The molecule has 0 aliphatic carbocycles. The second-order valence-electron chi connectivity index (χ2n) is 5.56. The van der Waals surface area contributed by atoms with E-state index in [9.17, 15) is 5.11 Å². The Balaban J connectivity index is 2.18. The SMILES string of the molecule is CCCNc1nc(NCC(C)(O)CCC)c2cn[nH]c2n1. The fourth-order valence-corrected chi connectivity index (χ4v) is 2.19. The van der Waals surface area contributed by atoms with E-state index in [4.69, 9.17) is 0 Å². The zero-order valence-corrected chi connectivity index (χ0v) is 12.9. The Morgan fingerprint density at radius 3 is 2.76 bits per heavy atom. The summed E-state index contributed by atoms with van der Waals surface area (Å²) < 4.78 is 0. The number of H-pyrrole nitrogens is 1. The Morgan fingerprint density at radius 2 is 2.05 bits per heavy atom. The fraction of sp³-hybridized carbons (Fsp3) is 0.643. The quantitative estimate of drug-likeness (QED) is 0.595. The third kappa shape index (κ3) is 4.04. The van der Waals surface area contributed by atoms with Gasteiger partial charge >= 0.3 is 0 Å². The van der Waals surface area contributed by atoms with Crippen molar-refractivity contribution in [2.45, 2.75) is 45.6 Å². The summed E-state index contributed by atoms with van der Waals surface area (Å²) in [5.74, 6) is 1.25. The van der Waals surface area contributed by atoms with Crippen molar-refractivity contribution in [3.8, 4) is 0 Å². The first kappa shape index (κ1) is 15.5. The average Bonchev–Trinajstić information content (AvgIpc) is 2.91. The molecule has 0 radical (unpaired) electrons. The molecule has 0 aliphatic rings. The van der Waals surface area contributed by atoms with Crippen LogP contribution in [0.2, 0.25) is 0 Å². The largest absolute Gasteiger partial charge is 0.388 e. The zero-order valence-electron chi connectivity index (χ0n) is 12.9. The Labute approximate surface area is 124 Å². The number of aromatic amines is 1. The molecule has 1 unspecified atom stereocenters. The summed E-state index contributed by atoms with van der Waals surface area (Å²) in [6.45, 7) is 7.22. The van der Waals surface area contributed by atoms with E-state index in [1.807, 2.05) is 6.92 Å². The minimum absolute atomic E-state index is 0.436. The van der Waals surface area contributed by atoms with Crippen molar-refractivity contribution < 1.29 is 5.11 Å². The molecule has 7 nitrogen and oxygen atoms in total. The van der Waals surface area contributed by atoms with Gasteiger partial charge in [-0.3, -0.25) is 5.10 Å². The molecule has 0 saturated carbocycles. The van der Waals surface area contributed by atoms with Crippen LogP contribution in [0.5, 0.6) is 0 Å². The molecule has 4 N–H and O–H groups in total. The first-order chi connectivity index (χ1) is 10.1. The molecular weight excluding hydrogens is 268 g/mol. The Hall–Kier alpha value is -1.89. The molecule has 0 saturated heterocycles. The number of aromatic nitrogens is 4. The maximum atomic E-state index is 10.3. The number of fused-ring (bicyclic) bond motifs is 1. The Bertz CT molecular complexity index is 580. The number of aliphatic hydroxyl groups is 1. The lowest BCUT2D eigenvalue weighted by atomic mass is 10.0.